The van der Waals surface area contributed by atoms with E-state index in [2.05, 4.69) is 11.5 Å². The second-order valence-corrected chi connectivity index (χ2v) is 5.50. The lowest BCUT2D eigenvalue weighted by molar-refractivity contribution is 0.0703. The summed E-state index contributed by atoms with van der Waals surface area (Å²) >= 11 is 5.27. The third-order valence-corrected chi connectivity index (χ3v) is 4.54. The molecule has 0 atom stereocenters. The Morgan fingerprint density at radius 1 is 1.54 bits per heavy atom. The highest BCUT2D eigenvalue weighted by molar-refractivity contribution is 8.83. The summed E-state index contributed by atoms with van der Waals surface area (Å²) in [7, 11) is 3.38. The molecule has 1 heterocycles. The predicted molar refractivity (Wildman–Crippen MR) is 65.2 cm³/mol. The van der Waals surface area contributed by atoms with Crippen LogP contribution in [-0.4, -0.2) is 41.3 Å². The van der Waals surface area contributed by atoms with Crippen LogP contribution >= 0.6 is 33.8 Å². The summed E-state index contributed by atoms with van der Waals surface area (Å²) in [5, 5.41) is 0. The molecule has 0 bridgehead atoms. The molecule has 74 valence electrons. The van der Waals surface area contributed by atoms with Gasteiger partial charge in [-0.25, -0.2) is 0 Å². The topological polar surface area (TPSA) is 12.5 Å². The van der Waals surface area contributed by atoms with Crippen LogP contribution in [-0.2, 0) is 4.74 Å². The SMILES string of the molecule is C=CCSSC(=S)N1CCOCC1. The molecule has 0 N–H and O–H groups in total. The molecule has 1 saturated heterocycles. The number of hydrogen-bond donors (Lipinski definition) is 0. The lowest BCUT2D eigenvalue weighted by Gasteiger charge is -2.28. The van der Waals surface area contributed by atoms with Gasteiger partial charge in [0.05, 0.1) is 13.2 Å². The quantitative estimate of drug-likeness (QED) is 0.321. The molecule has 1 fully saturated rings. The van der Waals surface area contributed by atoms with E-state index in [0.29, 0.717) is 0 Å². The fourth-order valence-corrected chi connectivity index (χ4v) is 3.21. The summed E-state index contributed by atoms with van der Waals surface area (Å²) in [4.78, 5) is 2.19. The molecule has 0 amide bonds. The average Bonchev–Trinajstić information content (AvgIpc) is 2.19. The van der Waals surface area contributed by atoms with Crippen molar-refractivity contribution in [1.29, 1.82) is 0 Å². The highest BCUT2D eigenvalue weighted by Gasteiger charge is 2.13. The number of morpholine rings is 1. The van der Waals surface area contributed by atoms with E-state index >= 15 is 0 Å². The maximum atomic E-state index is 5.27. The van der Waals surface area contributed by atoms with Gasteiger partial charge in [-0.1, -0.05) is 29.1 Å². The molecule has 0 spiro atoms. The van der Waals surface area contributed by atoms with Gasteiger partial charge in [-0.05, 0) is 10.8 Å². The first-order valence-corrected chi connectivity index (χ1v) is 6.84. The molecule has 13 heavy (non-hydrogen) atoms. The molecule has 0 aliphatic carbocycles. The molecule has 0 radical (unpaired) electrons. The third-order valence-electron chi connectivity index (χ3n) is 1.59. The first kappa shape index (κ1) is 11.4. The largest absolute Gasteiger partial charge is 0.378 e. The van der Waals surface area contributed by atoms with Gasteiger partial charge in [-0.3, -0.25) is 0 Å². The van der Waals surface area contributed by atoms with Gasteiger partial charge >= 0.3 is 0 Å². The van der Waals surface area contributed by atoms with Crippen LogP contribution in [0.5, 0.6) is 0 Å². The van der Waals surface area contributed by atoms with Crippen LogP contribution in [0.1, 0.15) is 0 Å². The Morgan fingerprint density at radius 3 is 2.85 bits per heavy atom. The van der Waals surface area contributed by atoms with Gasteiger partial charge in [0.1, 0.15) is 4.32 Å². The third kappa shape index (κ3) is 4.35. The van der Waals surface area contributed by atoms with Crippen LogP contribution in [0, 0.1) is 0 Å². The van der Waals surface area contributed by atoms with Crippen molar-refractivity contribution < 1.29 is 4.74 Å². The van der Waals surface area contributed by atoms with Crippen molar-refractivity contribution in [2.45, 2.75) is 0 Å². The summed E-state index contributed by atoms with van der Waals surface area (Å²) in [5.74, 6) is 0.940. The number of thiocarbonyl (C=S) groups is 1. The van der Waals surface area contributed by atoms with Crippen molar-refractivity contribution in [3.8, 4) is 0 Å². The number of ether oxygens (including phenoxy) is 1. The summed E-state index contributed by atoms with van der Waals surface area (Å²) in [6.07, 6.45) is 1.89. The second kappa shape index (κ2) is 6.70. The molecule has 1 rings (SSSR count). The molecule has 0 aromatic heterocycles. The molecule has 2 nitrogen and oxygen atoms in total. The fraction of sp³-hybridized carbons (Fsp3) is 0.625. The van der Waals surface area contributed by atoms with E-state index in [0.717, 1.165) is 36.4 Å². The van der Waals surface area contributed by atoms with Gasteiger partial charge in [0.2, 0.25) is 0 Å². The zero-order chi connectivity index (χ0) is 9.52. The maximum Gasteiger partial charge on any atom is 0.147 e. The molecule has 0 unspecified atom stereocenters. The van der Waals surface area contributed by atoms with Crippen molar-refractivity contribution in [1.82, 2.24) is 4.90 Å². The van der Waals surface area contributed by atoms with Gasteiger partial charge in [-0.15, -0.1) is 6.58 Å². The van der Waals surface area contributed by atoms with Gasteiger partial charge in [0.25, 0.3) is 0 Å². The first-order chi connectivity index (χ1) is 6.34. The van der Waals surface area contributed by atoms with Gasteiger partial charge in [-0.2, -0.15) is 0 Å². The van der Waals surface area contributed by atoms with E-state index in [9.17, 15) is 0 Å². The molecule has 0 aromatic rings. The van der Waals surface area contributed by atoms with Gasteiger partial charge in [0.15, 0.2) is 0 Å². The number of rotatable bonds is 3. The van der Waals surface area contributed by atoms with Crippen molar-refractivity contribution in [3.05, 3.63) is 12.7 Å². The van der Waals surface area contributed by atoms with Gasteiger partial charge < -0.3 is 9.64 Å². The summed E-state index contributed by atoms with van der Waals surface area (Å²) in [6.45, 7) is 7.12. The minimum Gasteiger partial charge on any atom is -0.378 e. The minimum absolute atomic E-state index is 0.798. The lowest BCUT2D eigenvalue weighted by Crippen LogP contribution is -2.38. The Balaban J connectivity index is 2.17. The Bertz CT molecular complexity index is 180. The van der Waals surface area contributed by atoms with Crippen LogP contribution in [0.2, 0.25) is 0 Å². The smallest absolute Gasteiger partial charge is 0.147 e. The highest BCUT2D eigenvalue weighted by atomic mass is 33.1. The molecular formula is C8H13NOS3. The van der Waals surface area contributed by atoms with Crippen molar-refractivity contribution in [3.63, 3.8) is 0 Å². The highest BCUT2D eigenvalue weighted by Crippen LogP contribution is 2.25. The fourth-order valence-electron chi connectivity index (χ4n) is 0.931. The van der Waals surface area contributed by atoms with E-state index in [4.69, 9.17) is 17.0 Å². The van der Waals surface area contributed by atoms with Crippen LogP contribution in [0.4, 0.5) is 0 Å². The van der Waals surface area contributed by atoms with E-state index in [-0.39, 0.29) is 0 Å². The standard InChI is InChI=1S/C8H13NOS3/c1-2-7-12-13-8(11)9-3-5-10-6-4-9/h2H,1,3-7H2. The normalized spacial score (nSPS) is 17.1. The van der Waals surface area contributed by atoms with Crippen molar-refractivity contribution in [2.24, 2.45) is 0 Å². The van der Waals surface area contributed by atoms with Crippen LogP contribution in [0.3, 0.4) is 0 Å². The zero-order valence-electron chi connectivity index (χ0n) is 7.40. The van der Waals surface area contributed by atoms with Crippen molar-refractivity contribution >= 4 is 38.1 Å². The first-order valence-electron chi connectivity index (χ1n) is 4.11. The molecule has 1 aliphatic rings. The van der Waals surface area contributed by atoms with Gasteiger partial charge in [0, 0.05) is 18.8 Å². The Morgan fingerprint density at radius 2 is 2.23 bits per heavy atom. The van der Waals surface area contributed by atoms with Crippen LogP contribution in [0.25, 0.3) is 0 Å². The summed E-state index contributed by atoms with van der Waals surface area (Å²) < 4.78 is 6.21. The summed E-state index contributed by atoms with van der Waals surface area (Å²) in [5.41, 5.74) is 0. The van der Waals surface area contributed by atoms with Crippen LogP contribution < -0.4 is 0 Å². The minimum atomic E-state index is 0.798. The zero-order valence-corrected chi connectivity index (χ0v) is 9.85. The Hall–Kier alpha value is 0.290. The molecule has 5 heteroatoms. The Kier molecular flexibility index (Phi) is 5.86. The molecule has 1 aliphatic heterocycles. The van der Waals surface area contributed by atoms with E-state index in [1.807, 2.05) is 6.08 Å². The lowest BCUT2D eigenvalue weighted by atomic mass is 10.5. The van der Waals surface area contributed by atoms with E-state index < -0.39 is 0 Å². The van der Waals surface area contributed by atoms with E-state index in [1.54, 1.807) is 21.6 Å². The Labute approximate surface area is 92.5 Å². The number of hydrogen-bond acceptors (Lipinski definition) is 4. The summed E-state index contributed by atoms with van der Waals surface area (Å²) in [6, 6.07) is 0. The molecule has 0 aromatic carbocycles. The van der Waals surface area contributed by atoms with Crippen molar-refractivity contribution in [2.75, 3.05) is 32.1 Å². The molecular weight excluding hydrogens is 222 g/mol. The van der Waals surface area contributed by atoms with Crippen LogP contribution in [0.15, 0.2) is 12.7 Å². The monoisotopic (exact) mass is 235 g/mol. The predicted octanol–water partition coefficient (Wildman–Crippen LogP) is 2.17. The van der Waals surface area contributed by atoms with E-state index in [1.165, 1.54) is 0 Å². The maximum absolute atomic E-state index is 5.27. The average molecular weight is 235 g/mol. The molecule has 0 saturated carbocycles. The second-order valence-electron chi connectivity index (χ2n) is 2.52. The number of nitrogens with zero attached hydrogens (tertiary/aromatic N) is 1.